The number of hydrogen-bond acceptors (Lipinski definition) is 2. The summed E-state index contributed by atoms with van der Waals surface area (Å²) in [7, 11) is -1.74. The molecule has 0 bridgehead atoms. The Balaban J connectivity index is 2.37. The molecule has 4 heteroatoms. The van der Waals surface area contributed by atoms with Gasteiger partial charge in [0.05, 0.1) is 5.41 Å². The summed E-state index contributed by atoms with van der Waals surface area (Å²) < 4.78 is 0. The Bertz CT molecular complexity index is 720. The van der Waals surface area contributed by atoms with Gasteiger partial charge < -0.3 is 10.4 Å². The molecular formula is C22H33NO2Si. The molecule has 0 spiro atoms. The highest BCUT2D eigenvalue weighted by Gasteiger charge is 2.41. The number of anilines is 1. The lowest BCUT2D eigenvalue weighted by Crippen LogP contribution is -2.43. The van der Waals surface area contributed by atoms with Crippen LogP contribution in [0.3, 0.4) is 0 Å². The summed E-state index contributed by atoms with van der Waals surface area (Å²) in [6.45, 7) is 16.2. The first kappa shape index (κ1) is 20.6. The Morgan fingerprint density at radius 1 is 1.15 bits per heavy atom. The molecule has 0 aromatic heterocycles. The van der Waals surface area contributed by atoms with Crippen LogP contribution in [0.5, 0.6) is 0 Å². The molecular weight excluding hydrogens is 338 g/mol. The number of hydrogen-bond donors (Lipinski definition) is 2. The monoisotopic (exact) mass is 371 g/mol. The van der Waals surface area contributed by atoms with Crippen molar-refractivity contribution in [2.24, 2.45) is 5.41 Å². The summed E-state index contributed by atoms with van der Waals surface area (Å²) in [6, 6.07) is 6.17. The van der Waals surface area contributed by atoms with E-state index in [-0.39, 0.29) is 0 Å². The molecule has 1 unspecified atom stereocenters. The molecule has 26 heavy (non-hydrogen) atoms. The molecule has 0 aliphatic carbocycles. The van der Waals surface area contributed by atoms with E-state index in [9.17, 15) is 9.90 Å². The number of carbonyl (C=O) groups is 1. The van der Waals surface area contributed by atoms with E-state index in [1.807, 2.05) is 12.1 Å². The van der Waals surface area contributed by atoms with E-state index < -0.39 is 19.5 Å². The summed E-state index contributed by atoms with van der Waals surface area (Å²) in [4.78, 5) is 11.5. The van der Waals surface area contributed by atoms with Crippen LogP contribution >= 0.6 is 0 Å². The molecule has 142 valence electrons. The van der Waals surface area contributed by atoms with Crippen molar-refractivity contribution < 1.29 is 9.90 Å². The summed E-state index contributed by atoms with van der Waals surface area (Å²) in [5.74, 6) is 2.73. The fourth-order valence-corrected chi connectivity index (χ4v) is 9.74. The number of nitrogens with one attached hydrogen (secondary N) is 1. The van der Waals surface area contributed by atoms with Crippen molar-refractivity contribution in [2.45, 2.75) is 71.5 Å². The van der Waals surface area contributed by atoms with E-state index in [0.29, 0.717) is 29.6 Å². The van der Waals surface area contributed by atoms with E-state index >= 15 is 0 Å². The molecule has 1 atom stereocenters. The molecule has 1 heterocycles. The number of rotatable bonds is 4. The quantitative estimate of drug-likeness (QED) is 0.556. The summed E-state index contributed by atoms with van der Waals surface area (Å²) in [5, 5.41) is 12.8. The SMILES string of the molecule is CC(C)[Si](C#Cc1ccc2c(c1)NCC(C)(C(=O)O)C2)(C(C)C)C(C)C. The zero-order valence-electron chi connectivity index (χ0n) is 17.2. The van der Waals surface area contributed by atoms with Crippen LogP contribution in [-0.2, 0) is 11.2 Å². The Morgan fingerprint density at radius 2 is 1.73 bits per heavy atom. The zero-order valence-corrected chi connectivity index (χ0v) is 18.2. The third-order valence-electron chi connectivity index (χ3n) is 6.17. The normalized spacial score (nSPS) is 19.8. The smallest absolute Gasteiger partial charge is 0.311 e. The van der Waals surface area contributed by atoms with Crippen molar-refractivity contribution in [1.29, 1.82) is 0 Å². The van der Waals surface area contributed by atoms with E-state index in [0.717, 1.165) is 16.8 Å². The van der Waals surface area contributed by atoms with Crippen LogP contribution in [0.15, 0.2) is 18.2 Å². The van der Waals surface area contributed by atoms with Gasteiger partial charge in [0.15, 0.2) is 0 Å². The van der Waals surface area contributed by atoms with Crippen LogP contribution in [-0.4, -0.2) is 25.7 Å². The van der Waals surface area contributed by atoms with Gasteiger partial charge in [0.2, 0.25) is 0 Å². The van der Waals surface area contributed by atoms with Gasteiger partial charge in [-0.2, -0.15) is 0 Å². The fraction of sp³-hybridized carbons (Fsp3) is 0.591. The van der Waals surface area contributed by atoms with Crippen molar-refractivity contribution in [3.05, 3.63) is 29.3 Å². The summed E-state index contributed by atoms with van der Waals surface area (Å²) >= 11 is 0. The van der Waals surface area contributed by atoms with Gasteiger partial charge in [-0.3, -0.25) is 4.79 Å². The highest BCUT2D eigenvalue weighted by Crippen LogP contribution is 2.41. The van der Waals surface area contributed by atoms with Crippen molar-refractivity contribution in [2.75, 3.05) is 11.9 Å². The van der Waals surface area contributed by atoms with E-state index in [4.69, 9.17) is 0 Å². The first-order valence-corrected chi connectivity index (χ1v) is 11.9. The predicted octanol–water partition coefficient (Wildman–Crippen LogP) is 5.32. The lowest BCUT2D eigenvalue weighted by molar-refractivity contribution is -0.147. The largest absolute Gasteiger partial charge is 0.481 e. The first-order chi connectivity index (χ1) is 12.0. The van der Waals surface area contributed by atoms with E-state index in [1.165, 1.54) is 0 Å². The van der Waals surface area contributed by atoms with Gasteiger partial charge in [-0.25, -0.2) is 0 Å². The van der Waals surface area contributed by atoms with Crippen molar-refractivity contribution in [3.63, 3.8) is 0 Å². The third kappa shape index (κ3) is 3.69. The first-order valence-electron chi connectivity index (χ1n) is 9.66. The minimum atomic E-state index is -1.74. The van der Waals surface area contributed by atoms with Crippen LogP contribution in [0.2, 0.25) is 16.6 Å². The molecule has 1 aliphatic heterocycles. The molecule has 0 saturated carbocycles. The highest BCUT2D eigenvalue weighted by molar-refractivity contribution is 6.90. The second-order valence-electron chi connectivity index (χ2n) is 8.92. The van der Waals surface area contributed by atoms with Crippen LogP contribution < -0.4 is 5.32 Å². The maximum atomic E-state index is 11.5. The van der Waals surface area contributed by atoms with Crippen LogP contribution in [0, 0.1) is 16.9 Å². The minimum Gasteiger partial charge on any atom is -0.481 e. The molecule has 0 fully saturated rings. The lowest BCUT2D eigenvalue weighted by Gasteiger charge is -2.38. The molecule has 0 saturated heterocycles. The second kappa shape index (κ2) is 7.48. The molecule has 0 amide bonds. The third-order valence-corrected chi connectivity index (χ3v) is 12.5. The molecule has 2 N–H and O–H groups in total. The summed E-state index contributed by atoms with van der Waals surface area (Å²) in [6.07, 6.45) is 0.557. The van der Waals surface area contributed by atoms with Crippen LogP contribution in [0.1, 0.15) is 59.6 Å². The topological polar surface area (TPSA) is 49.3 Å². The number of benzene rings is 1. The maximum Gasteiger partial charge on any atom is 0.311 e. The van der Waals surface area contributed by atoms with Crippen LogP contribution in [0.25, 0.3) is 0 Å². The van der Waals surface area contributed by atoms with Crippen molar-refractivity contribution >= 4 is 19.7 Å². The van der Waals surface area contributed by atoms with E-state index in [2.05, 4.69) is 64.4 Å². The summed E-state index contributed by atoms with van der Waals surface area (Å²) in [5.41, 5.74) is 7.97. The molecule has 0 radical (unpaired) electrons. The zero-order chi connectivity index (χ0) is 19.7. The molecule has 1 aromatic rings. The Kier molecular flexibility index (Phi) is 5.92. The molecule has 3 nitrogen and oxygen atoms in total. The Morgan fingerprint density at radius 3 is 2.23 bits per heavy atom. The van der Waals surface area contributed by atoms with Crippen molar-refractivity contribution in [3.8, 4) is 11.5 Å². The van der Waals surface area contributed by atoms with Gasteiger partial charge >= 0.3 is 5.97 Å². The number of aliphatic carboxylic acids is 1. The van der Waals surface area contributed by atoms with Crippen LogP contribution in [0.4, 0.5) is 5.69 Å². The molecule has 2 rings (SSSR count). The van der Waals surface area contributed by atoms with Gasteiger partial charge in [0.1, 0.15) is 8.07 Å². The predicted molar refractivity (Wildman–Crippen MR) is 112 cm³/mol. The number of carboxylic acid groups (broad SMARTS) is 1. The van der Waals surface area contributed by atoms with Gasteiger partial charge in [0, 0.05) is 17.8 Å². The lowest BCUT2D eigenvalue weighted by atomic mass is 9.80. The minimum absolute atomic E-state index is 0.453. The van der Waals surface area contributed by atoms with Gasteiger partial charge in [-0.15, -0.1) is 5.54 Å². The molecule has 1 aliphatic rings. The maximum absolute atomic E-state index is 11.5. The Hall–Kier alpha value is -1.73. The molecule has 1 aromatic carbocycles. The highest BCUT2D eigenvalue weighted by atomic mass is 28.3. The second-order valence-corrected chi connectivity index (χ2v) is 14.5. The van der Waals surface area contributed by atoms with Crippen molar-refractivity contribution in [1.82, 2.24) is 0 Å². The van der Waals surface area contributed by atoms with Gasteiger partial charge in [-0.05, 0) is 47.7 Å². The number of carboxylic acids is 1. The average molecular weight is 372 g/mol. The Labute approximate surface area is 159 Å². The number of fused-ring (bicyclic) bond motifs is 1. The standard InChI is InChI=1S/C22H33NO2Si/c1-15(2)26(16(3)4,17(5)6)11-10-18-8-9-19-13-22(7,21(24)25)14-23-20(19)12-18/h8-9,12,15-17,23H,13-14H2,1-7H3,(H,24,25). The van der Waals surface area contributed by atoms with Gasteiger partial charge in [-0.1, -0.05) is 53.5 Å². The van der Waals surface area contributed by atoms with Gasteiger partial charge in [0.25, 0.3) is 0 Å². The van der Waals surface area contributed by atoms with E-state index in [1.54, 1.807) is 6.92 Å². The fourth-order valence-electron chi connectivity index (χ4n) is 4.51. The average Bonchev–Trinajstić information content (AvgIpc) is 2.54.